The number of aliphatic hydroxyl groups is 5. The van der Waals surface area contributed by atoms with Crippen molar-refractivity contribution in [2.24, 2.45) is 0 Å². The topological polar surface area (TPSA) is 101 Å². The summed E-state index contributed by atoms with van der Waals surface area (Å²) in [5, 5.41) is 44.5. The summed E-state index contributed by atoms with van der Waals surface area (Å²) in [6, 6.07) is 0. The maximum atomic E-state index is 9.12. The number of aliphatic hydroxyl groups excluding tert-OH is 5. The SMILES string of the molecule is CC[C@@H](O)[C@H](O)[C@@H](O)[C@H](O)CO. The van der Waals surface area contributed by atoms with Gasteiger partial charge in [0.1, 0.15) is 18.3 Å². The molecule has 0 aliphatic rings. The Balaban J connectivity index is 3.99. The molecule has 74 valence electrons. The Bertz CT molecular complexity index is 104. The van der Waals surface area contributed by atoms with Crippen LogP contribution in [0.15, 0.2) is 0 Å². The minimum atomic E-state index is -1.51. The highest BCUT2D eigenvalue weighted by Gasteiger charge is 2.28. The lowest BCUT2D eigenvalue weighted by Crippen LogP contribution is -2.45. The summed E-state index contributed by atoms with van der Waals surface area (Å²) in [4.78, 5) is 0. The van der Waals surface area contributed by atoms with Crippen LogP contribution in [0.5, 0.6) is 0 Å². The van der Waals surface area contributed by atoms with Gasteiger partial charge >= 0.3 is 0 Å². The lowest BCUT2D eigenvalue weighted by Gasteiger charge is -2.24. The van der Waals surface area contributed by atoms with Gasteiger partial charge in [0.15, 0.2) is 0 Å². The third-order valence-electron chi connectivity index (χ3n) is 1.74. The minimum Gasteiger partial charge on any atom is -0.394 e. The maximum Gasteiger partial charge on any atom is 0.110 e. The van der Waals surface area contributed by atoms with Crippen molar-refractivity contribution in [2.75, 3.05) is 6.61 Å². The van der Waals surface area contributed by atoms with Crippen molar-refractivity contribution in [1.82, 2.24) is 0 Å². The van der Waals surface area contributed by atoms with Crippen LogP contribution in [0.1, 0.15) is 13.3 Å². The number of hydrogen-bond acceptors (Lipinski definition) is 5. The van der Waals surface area contributed by atoms with Crippen molar-refractivity contribution in [1.29, 1.82) is 0 Å². The average molecular weight is 180 g/mol. The van der Waals surface area contributed by atoms with Crippen LogP contribution in [-0.2, 0) is 0 Å². The average Bonchev–Trinajstić information content (AvgIpc) is 2.12. The van der Waals surface area contributed by atoms with Crippen LogP contribution >= 0.6 is 0 Å². The number of rotatable bonds is 5. The molecular weight excluding hydrogens is 164 g/mol. The van der Waals surface area contributed by atoms with Crippen molar-refractivity contribution < 1.29 is 25.5 Å². The molecule has 0 rings (SSSR count). The first-order valence-corrected chi connectivity index (χ1v) is 3.87. The normalized spacial score (nSPS) is 21.5. The molecular formula is C7H16O5. The van der Waals surface area contributed by atoms with E-state index >= 15 is 0 Å². The van der Waals surface area contributed by atoms with Gasteiger partial charge in [-0.05, 0) is 6.42 Å². The van der Waals surface area contributed by atoms with E-state index in [1.807, 2.05) is 0 Å². The highest BCUT2D eigenvalue weighted by atomic mass is 16.4. The second-order valence-corrected chi connectivity index (χ2v) is 2.71. The van der Waals surface area contributed by atoms with E-state index < -0.39 is 31.0 Å². The van der Waals surface area contributed by atoms with Gasteiger partial charge in [0.2, 0.25) is 0 Å². The first-order chi connectivity index (χ1) is 5.54. The van der Waals surface area contributed by atoms with E-state index in [2.05, 4.69) is 0 Å². The molecule has 0 heterocycles. The van der Waals surface area contributed by atoms with Gasteiger partial charge in [-0.15, -0.1) is 0 Å². The van der Waals surface area contributed by atoms with Gasteiger partial charge in [0.05, 0.1) is 12.7 Å². The van der Waals surface area contributed by atoms with Crippen LogP contribution in [0.3, 0.4) is 0 Å². The second-order valence-electron chi connectivity index (χ2n) is 2.71. The summed E-state index contributed by atoms with van der Waals surface area (Å²) < 4.78 is 0. The zero-order chi connectivity index (χ0) is 9.72. The van der Waals surface area contributed by atoms with Gasteiger partial charge < -0.3 is 25.5 Å². The standard InChI is InChI=1S/C7H16O5/c1-2-4(9)6(11)7(12)5(10)3-8/h4-12H,2-3H2,1H3/t4-,5-,6+,7+/m1/s1. The zero-order valence-corrected chi connectivity index (χ0v) is 6.96. The Labute approximate surface area is 70.9 Å². The summed E-state index contributed by atoms with van der Waals surface area (Å²) in [5.41, 5.74) is 0. The van der Waals surface area contributed by atoms with Crippen LogP contribution in [-0.4, -0.2) is 56.6 Å². The van der Waals surface area contributed by atoms with Crippen molar-refractivity contribution in [3.63, 3.8) is 0 Å². The molecule has 0 aliphatic heterocycles. The van der Waals surface area contributed by atoms with E-state index in [9.17, 15) is 0 Å². The lowest BCUT2D eigenvalue weighted by molar-refractivity contribution is -0.115. The van der Waals surface area contributed by atoms with Crippen LogP contribution in [0.4, 0.5) is 0 Å². The van der Waals surface area contributed by atoms with Crippen LogP contribution < -0.4 is 0 Å². The summed E-state index contributed by atoms with van der Waals surface area (Å²) >= 11 is 0. The first kappa shape index (κ1) is 11.8. The van der Waals surface area contributed by atoms with E-state index in [0.29, 0.717) is 0 Å². The van der Waals surface area contributed by atoms with E-state index in [4.69, 9.17) is 25.5 Å². The molecule has 0 amide bonds. The molecule has 0 radical (unpaired) electrons. The molecule has 0 saturated carbocycles. The molecule has 5 N–H and O–H groups in total. The van der Waals surface area contributed by atoms with Gasteiger partial charge in [0, 0.05) is 0 Å². The molecule has 0 fully saturated rings. The Morgan fingerprint density at radius 3 is 1.67 bits per heavy atom. The first-order valence-electron chi connectivity index (χ1n) is 3.87. The number of hydrogen-bond donors (Lipinski definition) is 5. The molecule has 0 aromatic carbocycles. The molecule has 12 heavy (non-hydrogen) atoms. The van der Waals surface area contributed by atoms with E-state index in [1.54, 1.807) is 6.92 Å². The van der Waals surface area contributed by atoms with Crippen molar-refractivity contribution in [3.8, 4) is 0 Å². The van der Waals surface area contributed by atoms with Gasteiger partial charge in [-0.1, -0.05) is 6.92 Å². The third kappa shape index (κ3) is 3.04. The largest absolute Gasteiger partial charge is 0.394 e. The van der Waals surface area contributed by atoms with E-state index in [0.717, 1.165) is 0 Å². The maximum absolute atomic E-state index is 9.12. The highest BCUT2D eigenvalue weighted by molar-refractivity contribution is 4.79. The Morgan fingerprint density at radius 2 is 1.33 bits per heavy atom. The molecule has 0 unspecified atom stereocenters. The van der Waals surface area contributed by atoms with E-state index in [-0.39, 0.29) is 6.42 Å². The Kier molecular flexibility index (Phi) is 5.36. The molecule has 0 saturated heterocycles. The summed E-state index contributed by atoms with van der Waals surface area (Å²) in [5.74, 6) is 0. The molecule has 0 spiro atoms. The molecule has 0 aromatic heterocycles. The second kappa shape index (κ2) is 5.45. The van der Waals surface area contributed by atoms with Crippen molar-refractivity contribution in [3.05, 3.63) is 0 Å². The molecule has 4 atom stereocenters. The van der Waals surface area contributed by atoms with Crippen LogP contribution in [0, 0.1) is 0 Å². The monoisotopic (exact) mass is 180 g/mol. The lowest BCUT2D eigenvalue weighted by atomic mass is 10.0. The zero-order valence-electron chi connectivity index (χ0n) is 6.96. The van der Waals surface area contributed by atoms with Crippen LogP contribution in [0.25, 0.3) is 0 Å². The predicted molar refractivity (Wildman–Crippen MR) is 41.4 cm³/mol. The Morgan fingerprint density at radius 1 is 0.917 bits per heavy atom. The van der Waals surface area contributed by atoms with Crippen molar-refractivity contribution >= 4 is 0 Å². The van der Waals surface area contributed by atoms with Gasteiger partial charge in [-0.3, -0.25) is 0 Å². The molecule has 5 heteroatoms. The fourth-order valence-corrected chi connectivity index (χ4v) is 0.805. The Hall–Kier alpha value is -0.200. The fraction of sp³-hybridized carbons (Fsp3) is 1.00. The molecule has 5 nitrogen and oxygen atoms in total. The van der Waals surface area contributed by atoms with Gasteiger partial charge in [-0.25, -0.2) is 0 Å². The summed E-state index contributed by atoms with van der Waals surface area (Å²) in [6.07, 6.45) is -5.15. The summed E-state index contributed by atoms with van der Waals surface area (Å²) in [7, 11) is 0. The third-order valence-corrected chi connectivity index (χ3v) is 1.74. The van der Waals surface area contributed by atoms with Gasteiger partial charge in [0.25, 0.3) is 0 Å². The predicted octanol–water partition coefficient (Wildman–Crippen LogP) is -2.17. The van der Waals surface area contributed by atoms with E-state index in [1.165, 1.54) is 0 Å². The highest BCUT2D eigenvalue weighted by Crippen LogP contribution is 2.06. The molecule has 0 aliphatic carbocycles. The van der Waals surface area contributed by atoms with Crippen molar-refractivity contribution in [2.45, 2.75) is 37.8 Å². The summed E-state index contributed by atoms with van der Waals surface area (Å²) in [6.45, 7) is 0.987. The minimum absolute atomic E-state index is 0.274. The fourth-order valence-electron chi connectivity index (χ4n) is 0.805. The van der Waals surface area contributed by atoms with Crippen LogP contribution in [0.2, 0.25) is 0 Å². The smallest absolute Gasteiger partial charge is 0.110 e. The molecule has 0 aromatic rings. The molecule has 0 bridgehead atoms. The quantitative estimate of drug-likeness (QED) is 0.331. The van der Waals surface area contributed by atoms with Gasteiger partial charge in [-0.2, -0.15) is 0 Å².